The summed E-state index contributed by atoms with van der Waals surface area (Å²) in [6, 6.07) is 14.4. The summed E-state index contributed by atoms with van der Waals surface area (Å²) in [6.45, 7) is 11.0. The van der Waals surface area contributed by atoms with Gasteiger partial charge < -0.3 is 14.0 Å². The number of hydrogen-bond acceptors (Lipinski definition) is 6. The fourth-order valence-corrected chi connectivity index (χ4v) is 4.37. The molecule has 1 aromatic heterocycles. The summed E-state index contributed by atoms with van der Waals surface area (Å²) in [4.78, 5) is 18.9. The zero-order valence-corrected chi connectivity index (χ0v) is 22.0. The molecule has 36 heavy (non-hydrogen) atoms. The van der Waals surface area contributed by atoms with Crippen LogP contribution in [0.3, 0.4) is 0 Å². The SMILES string of the molecule is Cc1ccc(CCCCOc2ccc(-c3noc([C@@H]4CCCN4C(=O)OC(C)(C)C)n3)cc2C)cc1. The van der Waals surface area contributed by atoms with Crippen LogP contribution < -0.4 is 4.74 Å². The molecule has 1 fully saturated rings. The van der Waals surface area contributed by atoms with E-state index in [9.17, 15) is 4.79 Å². The van der Waals surface area contributed by atoms with Crippen molar-refractivity contribution in [3.63, 3.8) is 0 Å². The average molecular weight is 492 g/mol. The third kappa shape index (κ3) is 6.65. The summed E-state index contributed by atoms with van der Waals surface area (Å²) in [7, 11) is 0. The fraction of sp³-hybridized carbons (Fsp3) is 0.483. The molecule has 1 amide bonds. The first kappa shape index (κ1) is 25.7. The number of hydrogen-bond donors (Lipinski definition) is 0. The Balaban J connectivity index is 1.32. The van der Waals surface area contributed by atoms with Crippen LogP contribution in [0, 0.1) is 13.8 Å². The van der Waals surface area contributed by atoms with Crippen LogP contribution in [0.1, 0.15) is 75.1 Å². The minimum atomic E-state index is -0.549. The van der Waals surface area contributed by atoms with Gasteiger partial charge in [-0.2, -0.15) is 4.98 Å². The third-order valence-corrected chi connectivity index (χ3v) is 6.28. The topological polar surface area (TPSA) is 77.7 Å². The van der Waals surface area contributed by atoms with Crippen LogP contribution >= 0.6 is 0 Å². The van der Waals surface area contributed by atoms with Gasteiger partial charge >= 0.3 is 6.09 Å². The van der Waals surface area contributed by atoms with Gasteiger partial charge in [-0.25, -0.2) is 4.79 Å². The average Bonchev–Trinajstić information content (AvgIpc) is 3.50. The molecule has 7 heteroatoms. The van der Waals surface area contributed by atoms with Crippen molar-refractivity contribution in [2.75, 3.05) is 13.2 Å². The number of benzene rings is 2. The van der Waals surface area contributed by atoms with E-state index in [0.29, 0.717) is 24.9 Å². The number of aryl methyl sites for hydroxylation is 3. The Morgan fingerprint density at radius 1 is 1.11 bits per heavy atom. The van der Waals surface area contributed by atoms with Gasteiger partial charge in [-0.15, -0.1) is 0 Å². The molecule has 2 heterocycles. The van der Waals surface area contributed by atoms with Crippen LogP contribution in [0.2, 0.25) is 0 Å². The van der Waals surface area contributed by atoms with Crippen LogP contribution in [0.5, 0.6) is 5.75 Å². The first-order chi connectivity index (χ1) is 17.2. The standard InChI is InChI=1S/C29H37N3O4/c1-20-11-13-22(14-12-20)9-6-7-18-34-25-16-15-23(19-21(25)2)26-30-27(36-31-26)24-10-8-17-32(24)28(33)35-29(3,4)5/h11-16,19,24H,6-10,17-18H2,1-5H3/t24-/m0/s1. The zero-order valence-electron chi connectivity index (χ0n) is 22.0. The molecule has 4 rings (SSSR count). The monoisotopic (exact) mass is 491 g/mol. The number of carbonyl (C=O) groups excluding carboxylic acids is 1. The molecular formula is C29H37N3O4. The van der Waals surface area contributed by atoms with Gasteiger partial charge in [0.1, 0.15) is 17.4 Å². The Kier molecular flexibility index (Phi) is 7.97. The first-order valence-electron chi connectivity index (χ1n) is 12.8. The second-order valence-corrected chi connectivity index (χ2v) is 10.6. The van der Waals surface area contributed by atoms with Gasteiger partial charge in [-0.3, -0.25) is 4.90 Å². The molecule has 1 saturated heterocycles. The van der Waals surface area contributed by atoms with E-state index in [1.54, 1.807) is 4.90 Å². The number of aromatic nitrogens is 2. The van der Waals surface area contributed by atoms with Gasteiger partial charge in [0.2, 0.25) is 11.7 Å². The highest BCUT2D eigenvalue weighted by Gasteiger charge is 2.36. The Hall–Kier alpha value is -3.35. The molecule has 0 bridgehead atoms. The molecular weight excluding hydrogens is 454 g/mol. The van der Waals surface area contributed by atoms with E-state index in [1.165, 1.54) is 11.1 Å². The van der Waals surface area contributed by atoms with Crippen LogP contribution in [0.4, 0.5) is 4.79 Å². The molecule has 1 atom stereocenters. The van der Waals surface area contributed by atoms with E-state index >= 15 is 0 Å². The number of amides is 1. The Labute approximate surface area is 213 Å². The highest BCUT2D eigenvalue weighted by Crippen LogP contribution is 2.34. The van der Waals surface area contributed by atoms with Gasteiger partial charge in [-0.05, 0) is 96.0 Å². The Bertz CT molecular complexity index is 1160. The summed E-state index contributed by atoms with van der Waals surface area (Å²) in [5, 5.41) is 4.19. The predicted molar refractivity (Wildman–Crippen MR) is 139 cm³/mol. The maximum Gasteiger partial charge on any atom is 0.410 e. The molecule has 3 aromatic rings. The Morgan fingerprint density at radius 2 is 1.89 bits per heavy atom. The second kappa shape index (κ2) is 11.1. The lowest BCUT2D eigenvalue weighted by Gasteiger charge is -2.26. The molecule has 2 aromatic carbocycles. The van der Waals surface area contributed by atoms with Gasteiger partial charge in [-0.1, -0.05) is 35.0 Å². The number of nitrogens with zero attached hydrogens (tertiary/aromatic N) is 3. The lowest BCUT2D eigenvalue weighted by Crippen LogP contribution is -2.36. The molecule has 7 nitrogen and oxygen atoms in total. The highest BCUT2D eigenvalue weighted by atomic mass is 16.6. The smallest absolute Gasteiger partial charge is 0.410 e. The zero-order chi connectivity index (χ0) is 25.7. The molecule has 1 aliphatic heterocycles. The van der Waals surface area contributed by atoms with Crippen LogP contribution in [-0.4, -0.2) is 39.9 Å². The van der Waals surface area contributed by atoms with E-state index < -0.39 is 5.60 Å². The maximum atomic E-state index is 12.6. The predicted octanol–water partition coefficient (Wildman–Crippen LogP) is 6.83. The quantitative estimate of drug-likeness (QED) is 0.322. The van der Waals surface area contributed by atoms with Crippen molar-refractivity contribution in [1.82, 2.24) is 15.0 Å². The number of carbonyl (C=O) groups is 1. The summed E-state index contributed by atoms with van der Waals surface area (Å²) in [5.41, 5.74) is 3.99. The van der Waals surface area contributed by atoms with E-state index in [0.717, 1.165) is 49.0 Å². The highest BCUT2D eigenvalue weighted by molar-refractivity contribution is 5.69. The summed E-state index contributed by atoms with van der Waals surface area (Å²) in [6.07, 6.45) is 4.45. The van der Waals surface area contributed by atoms with E-state index in [4.69, 9.17) is 14.0 Å². The van der Waals surface area contributed by atoms with Crippen molar-refractivity contribution < 1.29 is 18.8 Å². The van der Waals surface area contributed by atoms with Crippen molar-refractivity contribution in [3.05, 3.63) is 65.0 Å². The molecule has 0 saturated carbocycles. The van der Waals surface area contributed by atoms with Crippen molar-refractivity contribution in [2.24, 2.45) is 0 Å². The fourth-order valence-electron chi connectivity index (χ4n) is 4.37. The summed E-state index contributed by atoms with van der Waals surface area (Å²) in [5.74, 6) is 1.82. The van der Waals surface area contributed by atoms with Crippen molar-refractivity contribution >= 4 is 6.09 Å². The molecule has 192 valence electrons. The van der Waals surface area contributed by atoms with Crippen LogP contribution in [-0.2, 0) is 11.2 Å². The number of likely N-dealkylation sites (tertiary alicyclic amines) is 1. The van der Waals surface area contributed by atoms with E-state index in [1.807, 2.05) is 45.9 Å². The largest absolute Gasteiger partial charge is 0.493 e. The second-order valence-electron chi connectivity index (χ2n) is 10.6. The molecule has 1 aliphatic rings. The van der Waals surface area contributed by atoms with Crippen molar-refractivity contribution in [3.8, 4) is 17.1 Å². The molecule has 0 unspecified atom stereocenters. The first-order valence-corrected chi connectivity index (χ1v) is 12.8. The van der Waals surface area contributed by atoms with Gasteiger partial charge in [0, 0.05) is 12.1 Å². The Morgan fingerprint density at radius 3 is 2.61 bits per heavy atom. The number of ether oxygens (including phenoxy) is 2. The molecule has 0 radical (unpaired) electrons. The van der Waals surface area contributed by atoms with Crippen LogP contribution in [0.25, 0.3) is 11.4 Å². The number of unbranched alkanes of at least 4 members (excludes halogenated alkanes) is 1. The van der Waals surface area contributed by atoms with E-state index in [2.05, 4.69) is 41.3 Å². The summed E-state index contributed by atoms with van der Waals surface area (Å²) < 4.78 is 17.2. The normalized spacial score (nSPS) is 15.8. The van der Waals surface area contributed by atoms with E-state index in [-0.39, 0.29) is 12.1 Å². The minimum Gasteiger partial charge on any atom is -0.493 e. The van der Waals surface area contributed by atoms with Crippen molar-refractivity contribution in [1.29, 1.82) is 0 Å². The lowest BCUT2D eigenvalue weighted by atomic mass is 10.1. The van der Waals surface area contributed by atoms with Gasteiger partial charge in [0.15, 0.2) is 0 Å². The third-order valence-electron chi connectivity index (χ3n) is 6.28. The number of rotatable bonds is 8. The minimum absolute atomic E-state index is 0.260. The van der Waals surface area contributed by atoms with Crippen LogP contribution in [0.15, 0.2) is 47.0 Å². The van der Waals surface area contributed by atoms with Gasteiger partial charge in [0.05, 0.1) is 6.61 Å². The molecule has 0 spiro atoms. The lowest BCUT2D eigenvalue weighted by molar-refractivity contribution is 0.0199. The molecule has 0 aliphatic carbocycles. The van der Waals surface area contributed by atoms with Crippen molar-refractivity contribution in [2.45, 2.75) is 78.4 Å². The summed E-state index contributed by atoms with van der Waals surface area (Å²) >= 11 is 0. The molecule has 0 N–H and O–H groups in total. The maximum absolute atomic E-state index is 12.6. The van der Waals surface area contributed by atoms with Gasteiger partial charge in [0.25, 0.3) is 0 Å².